The Bertz CT molecular complexity index is 1070. The molecule has 0 saturated carbocycles. The smallest absolute Gasteiger partial charge is 0.302 e. The monoisotopic (exact) mass is 471 g/mol. The molecule has 1 amide bonds. The second-order valence-electron chi connectivity index (χ2n) is 7.40. The van der Waals surface area contributed by atoms with Gasteiger partial charge in [0.15, 0.2) is 12.3 Å². The van der Waals surface area contributed by atoms with E-state index >= 15 is 0 Å². The van der Waals surface area contributed by atoms with Gasteiger partial charge in [-0.05, 0) is 61.7 Å². The van der Waals surface area contributed by atoms with E-state index in [9.17, 15) is 9.90 Å². The van der Waals surface area contributed by atoms with Gasteiger partial charge in [0.2, 0.25) is 5.88 Å². The first-order valence-corrected chi connectivity index (χ1v) is 10.8. The van der Waals surface area contributed by atoms with Crippen molar-refractivity contribution in [2.75, 3.05) is 6.61 Å². The van der Waals surface area contributed by atoms with E-state index in [-0.39, 0.29) is 12.5 Å². The topological polar surface area (TPSA) is 76.2 Å². The van der Waals surface area contributed by atoms with Crippen molar-refractivity contribution < 1.29 is 14.6 Å². The molecule has 30 heavy (non-hydrogen) atoms. The van der Waals surface area contributed by atoms with Crippen molar-refractivity contribution in [3.05, 3.63) is 52.0 Å². The molecule has 6 nitrogen and oxygen atoms in total. The van der Waals surface area contributed by atoms with E-state index in [2.05, 4.69) is 33.1 Å². The minimum absolute atomic E-state index is 0.0194. The van der Waals surface area contributed by atoms with Crippen LogP contribution in [0, 0.1) is 13.8 Å². The van der Waals surface area contributed by atoms with Crippen molar-refractivity contribution >= 4 is 38.4 Å². The number of aromatic hydroxyl groups is 1. The van der Waals surface area contributed by atoms with Crippen molar-refractivity contribution in [2.24, 2.45) is 10.2 Å². The van der Waals surface area contributed by atoms with E-state index in [1.54, 1.807) is 0 Å². The van der Waals surface area contributed by atoms with Gasteiger partial charge in [0.05, 0.1) is 5.52 Å². The number of hydrogen-bond donors (Lipinski definition) is 1. The highest BCUT2D eigenvalue weighted by Gasteiger charge is 2.17. The lowest BCUT2D eigenvalue weighted by Crippen LogP contribution is -2.08. The van der Waals surface area contributed by atoms with Crippen molar-refractivity contribution in [1.29, 1.82) is 0 Å². The molecule has 0 radical (unpaired) electrons. The van der Waals surface area contributed by atoms with E-state index in [1.807, 2.05) is 54.8 Å². The predicted octanol–water partition coefficient (Wildman–Crippen LogP) is 6.61. The number of amides is 1. The Kier molecular flexibility index (Phi) is 7.26. The molecule has 0 bridgehead atoms. The highest BCUT2D eigenvalue weighted by Crippen LogP contribution is 2.40. The molecule has 1 heterocycles. The summed E-state index contributed by atoms with van der Waals surface area (Å²) in [5, 5.41) is 19.3. The molecule has 0 atom stereocenters. The van der Waals surface area contributed by atoms with Crippen LogP contribution in [-0.2, 0) is 11.3 Å². The molecular weight excluding hydrogens is 446 g/mol. The summed E-state index contributed by atoms with van der Waals surface area (Å²) >= 11 is 3.46. The SMILES string of the molecule is CCCCCn1c(O)c(N=NC(=O)COc2cc(C)cc(C)c2)c2cc(Br)ccc21. The van der Waals surface area contributed by atoms with Crippen LogP contribution >= 0.6 is 15.9 Å². The lowest BCUT2D eigenvalue weighted by atomic mass is 10.1. The number of fused-ring (bicyclic) bond motifs is 1. The van der Waals surface area contributed by atoms with Crippen LogP contribution < -0.4 is 4.74 Å². The minimum Gasteiger partial charge on any atom is -0.493 e. The van der Waals surface area contributed by atoms with Crippen LogP contribution in [0.15, 0.2) is 51.1 Å². The minimum atomic E-state index is -0.518. The third kappa shape index (κ3) is 5.27. The molecule has 158 valence electrons. The predicted molar refractivity (Wildman–Crippen MR) is 122 cm³/mol. The summed E-state index contributed by atoms with van der Waals surface area (Å²) in [7, 11) is 0. The summed E-state index contributed by atoms with van der Waals surface area (Å²) < 4.78 is 8.23. The highest BCUT2D eigenvalue weighted by atomic mass is 79.9. The van der Waals surface area contributed by atoms with Crippen molar-refractivity contribution in [2.45, 2.75) is 46.6 Å². The molecule has 3 aromatic rings. The average Bonchev–Trinajstić information content (AvgIpc) is 2.95. The van der Waals surface area contributed by atoms with E-state index in [0.717, 1.165) is 45.8 Å². The largest absolute Gasteiger partial charge is 0.493 e. The van der Waals surface area contributed by atoms with Crippen LogP contribution in [0.2, 0.25) is 0 Å². The second-order valence-corrected chi connectivity index (χ2v) is 8.31. The number of benzene rings is 2. The van der Waals surface area contributed by atoms with Gasteiger partial charge in [0.1, 0.15) is 5.75 Å². The number of aromatic nitrogens is 1. The van der Waals surface area contributed by atoms with Gasteiger partial charge < -0.3 is 14.4 Å². The van der Waals surface area contributed by atoms with Crippen LogP contribution in [0.1, 0.15) is 37.3 Å². The number of unbranched alkanes of at least 4 members (excludes halogenated alkanes) is 2. The highest BCUT2D eigenvalue weighted by molar-refractivity contribution is 9.10. The Morgan fingerprint density at radius 3 is 2.57 bits per heavy atom. The first kappa shape index (κ1) is 22.0. The van der Waals surface area contributed by atoms with Gasteiger partial charge in [-0.2, -0.15) is 0 Å². The fourth-order valence-corrected chi connectivity index (χ4v) is 3.80. The molecule has 1 aromatic heterocycles. The Labute approximate surface area is 184 Å². The molecule has 0 fully saturated rings. The molecule has 0 aliphatic carbocycles. The van der Waals surface area contributed by atoms with Gasteiger partial charge in [-0.15, -0.1) is 10.2 Å². The summed E-state index contributed by atoms with van der Waals surface area (Å²) in [6, 6.07) is 11.5. The number of rotatable bonds is 8. The number of hydrogen-bond acceptors (Lipinski definition) is 4. The van der Waals surface area contributed by atoms with Gasteiger partial charge in [-0.1, -0.05) is 41.8 Å². The molecule has 2 aromatic carbocycles. The van der Waals surface area contributed by atoms with Gasteiger partial charge >= 0.3 is 5.91 Å². The fourth-order valence-electron chi connectivity index (χ4n) is 3.44. The van der Waals surface area contributed by atoms with E-state index in [1.165, 1.54) is 0 Å². The molecule has 0 aliphatic rings. The molecule has 7 heteroatoms. The molecule has 1 N–H and O–H groups in total. The number of azo groups is 1. The molecular formula is C23H26BrN3O3. The maximum atomic E-state index is 12.2. The average molecular weight is 472 g/mol. The number of nitrogens with zero attached hydrogens (tertiary/aromatic N) is 3. The maximum Gasteiger partial charge on any atom is 0.302 e. The van der Waals surface area contributed by atoms with Gasteiger partial charge in [0.25, 0.3) is 0 Å². The normalized spacial score (nSPS) is 11.5. The standard InChI is InChI=1S/C23H26BrN3O3/c1-4-5-6-9-27-20-8-7-17(24)13-19(20)22(23(27)29)26-25-21(28)14-30-18-11-15(2)10-16(3)12-18/h7-8,10-13,29H,4-6,9,14H2,1-3H3. The third-order valence-electron chi connectivity index (χ3n) is 4.78. The van der Waals surface area contributed by atoms with Crippen LogP contribution in [-0.4, -0.2) is 22.2 Å². The maximum absolute atomic E-state index is 12.2. The zero-order valence-corrected chi connectivity index (χ0v) is 19.1. The van der Waals surface area contributed by atoms with Crippen LogP contribution in [0.4, 0.5) is 5.69 Å². The van der Waals surface area contributed by atoms with Crippen LogP contribution in [0.3, 0.4) is 0 Å². The van der Waals surface area contributed by atoms with E-state index in [0.29, 0.717) is 18.0 Å². The summed E-state index contributed by atoms with van der Waals surface area (Å²) in [6.07, 6.45) is 3.11. The summed E-state index contributed by atoms with van der Waals surface area (Å²) in [5.41, 5.74) is 3.28. The van der Waals surface area contributed by atoms with E-state index < -0.39 is 5.91 Å². The summed E-state index contributed by atoms with van der Waals surface area (Å²) in [6.45, 7) is 6.54. The molecule has 0 aliphatic heterocycles. The zero-order chi connectivity index (χ0) is 21.7. The number of halogens is 1. The first-order valence-electron chi connectivity index (χ1n) is 10.1. The Balaban J connectivity index is 1.79. The summed E-state index contributed by atoms with van der Waals surface area (Å²) in [5.74, 6) is 0.122. The number of aryl methyl sites for hydroxylation is 3. The van der Waals surface area contributed by atoms with Crippen molar-refractivity contribution in [3.8, 4) is 11.6 Å². The molecule has 0 unspecified atom stereocenters. The number of carbonyl (C=O) groups excluding carboxylic acids is 1. The summed E-state index contributed by atoms with van der Waals surface area (Å²) in [4.78, 5) is 12.2. The molecule has 0 spiro atoms. The third-order valence-corrected chi connectivity index (χ3v) is 5.27. The second kappa shape index (κ2) is 9.89. The van der Waals surface area contributed by atoms with E-state index in [4.69, 9.17) is 4.74 Å². The van der Waals surface area contributed by atoms with Gasteiger partial charge in [-0.25, -0.2) is 0 Å². The van der Waals surface area contributed by atoms with Crippen LogP contribution in [0.5, 0.6) is 11.6 Å². The fraction of sp³-hybridized carbons (Fsp3) is 0.348. The first-order chi connectivity index (χ1) is 14.4. The van der Waals surface area contributed by atoms with Gasteiger partial charge in [0, 0.05) is 16.4 Å². The van der Waals surface area contributed by atoms with Crippen molar-refractivity contribution in [3.63, 3.8) is 0 Å². The Morgan fingerprint density at radius 1 is 1.13 bits per heavy atom. The molecule has 3 rings (SSSR count). The Morgan fingerprint density at radius 2 is 1.87 bits per heavy atom. The number of ether oxygens (including phenoxy) is 1. The molecule has 0 saturated heterocycles. The zero-order valence-electron chi connectivity index (χ0n) is 17.5. The Hall–Kier alpha value is -2.67. The van der Waals surface area contributed by atoms with Crippen molar-refractivity contribution in [1.82, 2.24) is 4.57 Å². The lowest BCUT2D eigenvalue weighted by Gasteiger charge is -2.06. The quantitative estimate of drug-likeness (QED) is 0.296. The number of carbonyl (C=O) groups is 1. The van der Waals surface area contributed by atoms with Crippen LogP contribution in [0.25, 0.3) is 10.9 Å². The lowest BCUT2D eigenvalue weighted by molar-refractivity contribution is -0.120. The van der Waals surface area contributed by atoms with Gasteiger partial charge in [-0.3, -0.25) is 4.79 Å².